The summed E-state index contributed by atoms with van der Waals surface area (Å²) in [5, 5.41) is 15.3. The maximum Gasteiger partial charge on any atom is 0.333 e. The molecule has 0 saturated heterocycles. The number of halogens is 1. The van der Waals surface area contributed by atoms with Crippen molar-refractivity contribution < 1.29 is 4.92 Å². The lowest BCUT2D eigenvalue weighted by Gasteiger charge is -2.18. The molecule has 1 aromatic heterocycles. The molecule has 2 rings (SSSR count). The minimum absolute atomic E-state index is 0.0795. The fourth-order valence-electron chi connectivity index (χ4n) is 2.33. The predicted octanol–water partition coefficient (Wildman–Crippen LogP) is 3.08. The van der Waals surface area contributed by atoms with E-state index in [1.807, 2.05) is 36.2 Å². The van der Waals surface area contributed by atoms with Crippen molar-refractivity contribution in [3.8, 4) is 0 Å². The third-order valence-electron chi connectivity index (χ3n) is 3.35. The average Bonchev–Trinajstić information content (AvgIpc) is 2.72. The minimum Gasteiger partial charge on any atom is -0.354 e. The fourth-order valence-corrected chi connectivity index (χ4v) is 2.59. The molecule has 0 bridgehead atoms. The number of hydrogen-bond acceptors (Lipinski definition) is 4. The van der Waals surface area contributed by atoms with Crippen LogP contribution in [0.25, 0.3) is 0 Å². The summed E-state index contributed by atoms with van der Waals surface area (Å²) >= 11 is 3.40. The highest BCUT2D eigenvalue weighted by molar-refractivity contribution is 9.10. The quantitative estimate of drug-likeness (QED) is 0.612. The van der Waals surface area contributed by atoms with Crippen LogP contribution < -0.4 is 4.90 Å². The lowest BCUT2D eigenvalue weighted by molar-refractivity contribution is -0.384. The Hall–Kier alpha value is -1.89. The zero-order valence-corrected chi connectivity index (χ0v) is 13.8. The number of benzene rings is 1. The normalized spacial score (nSPS) is 10.7. The summed E-state index contributed by atoms with van der Waals surface area (Å²) in [7, 11) is 3.58. The minimum atomic E-state index is -0.367. The fraction of sp³-hybridized carbons (Fsp3) is 0.357. The first-order valence-electron chi connectivity index (χ1n) is 6.53. The largest absolute Gasteiger partial charge is 0.354 e. The van der Waals surface area contributed by atoms with Gasteiger partial charge in [-0.05, 0) is 31.0 Å². The number of likely N-dealkylation sites (N-methyl/N-ethyl adjacent to an activating group) is 1. The number of nitrogens with zero attached hydrogens (tertiary/aromatic N) is 4. The molecule has 0 fully saturated rings. The van der Waals surface area contributed by atoms with Crippen LogP contribution >= 0.6 is 15.9 Å². The van der Waals surface area contributed by atoms with Crippen LogP contribution in [0.5, 0.6) is 0 Å². The summed E-state index contributed by atoms with van der Waals surface area (Å²) < 4.78 is 2.60. The second-order valence-corrected chi connectivity index (χ2v) is 5.85. The zero-order valence-electron chi connectivity index (χ0n) is 12.2. The molecule has 0 aliphatic carbocycles. The summed E-state index contributed by atoms with van der Waals surface area (Å²) in [6.07, 6.45) is 0.811. The van der Waals surface area contributed by atoms with Crippen molar-refractivity contribution in [3.63, 3.8) is 0 Å². The van der Waals surface area contributed by atoms with E-state index in [4.69, 9.17) is 0 Å². The van der Waals surface area contributed by atoms with E-state index < -0.39 is 0 Å². The second-order valence-electron chi connectivity index (χ2n) is 4.94. The van der Waals surface area contributed by atoms with E-state index in [1.165, 1.54) is 5.56 Å². The number of anilines is 1. The Labute approximate surface area is 131 Å². The summed E-state index contributed by atoms with van der Waals surface area (Å²) in [6, 6.07) is 8.07. The molecule has 0 amide bonds. The van der Waals surface area contributed by atoms with Crippen LogP contribution in [0, 0.1) is 17.0 Å². The van der Waals surface area contributed by atoms with Gasteiger partial charge in [-0.2, -0.15) is 5.10 Å². The predicted molar refractivity (Wildman–Crippen MR) is 85.7 cm³/mol. The van der Waals surface area contributed by atoms with Crippen molar-refractivity contribution in [2.24, 2.45) is 7.05 Å². The Morgan fingerprint density at radius 3 is 2.57 bits per heavy atom. The van der Waals surface area contributed by atoms with E-state index in [0.29, 0.717) is 18.1 Å². The van der Waals surface area contributed by atoms with Gasteiger partial charge in [0.1, 0.15) is 5.69 Å². The molecule has 0 unspecified atom stereocenters. The van der Waals surface area contributed by atoms with Gasteiger partial charge in [0.2, 0.25) is 5.82 Å². The van der Waals surface area contributed by atoms with Crippen LogP contribution in [0.15, 0.2) is 28.7 Å². The molecule has 21 heavy (non-hydrogen) atoms. The Morgan fingerprint density at radius 1 is 1.38 bits per heavy atom. The van der Waals surface area contributed by atoms with Gasteiger partial charge in [-0.25, -0.2) is 4.68 Å². The Bertz CT molecular complexity index is 652. The van der Waals surface area contributed by atoms with Gasteiger partial charge in [-0.15, -0.1) is 0 Å². The van der Waals surface area contributed by atoms with Crippen molar-refractivity contribution in [1.29, 1.82) is 0 Å². The summed E-state index contributed by atoms with van der Waals surface area (Å²) in [6.45, 7) is 2.34. The Balaban J connectivity index is 2.15. The SMILES string of the molecule is Cc1nn(C)c(N(C)CCc2ccc(Br)cc2)c1[N+](=O)[O-]. The highest BCUT2D eigenvalue weighted by atomic mass is 79.9. The number of aryl methyl sites for hydroxylation is 2. The van der Waals surface area contributed by atoms with Crippen LogP contribution in [0.3, 0.4) is 0 Å². The zero-order chi connectivity index (χ0) is 15.6. The molecular weight excluding hydrogens is 336 g/mol. The van der Waals surface area contributed by atoms with Gasteiger partial charge in [0.25, 0.3) is 0 Å². The smallest absolute Gasteiger partial charge is 0.333 e. The van der Waals surface area contributed by atoms with E-state index in [-0.39, 0.29) is 10.6 Å². The molecule has 112 valence electrons. The third-order valence-corrected chi connectivity index (χ3v) is 3.88. The molecule has 0 atom stereocenters. The van der Waals surface area contributed by atoms with Gasteiger partial charge in [0.05, 0.1) is 4.92 Å². The third kappa shape index (κ3) is 3.41. The number of aromatic nitrogens is 2. The maximum atomic E-state index is 11.2. The first-order valence-corrected chi connectivity index (χ1v) is 7.33. The number of rotatable bonds is 5. The van der Waals surface area contributed by atoms with Gasteiger partial charge < -0.3 is 4.90 Å². The van der Waals surface area contributed by atoms with Crippen molar-refractivity contribution in [3.05, 3.63) is 50.1 Å². The maximum absolute atomic E-state index is 11.2. The summed E-state index contributed by atoms with van der Waals surface area (Å²) in [5.41, 5.74) is 1.70. The van der Waals surface area contributed by atoms with Gasteiger partial charge >= 0.3 is 5.69 Å². The van der Waals surface area contributed by atoms with Gasteiger partial charge in [0.15, 0.2) is 0 Å². The first kappa shape index (κ1) is 15.5. The van der Waals surface area contributed by atoms with E-state index >= 15 is 0 Å². The summed E-state index contributed by atoms with van der Waals surface area (Å²) in [4.78, 5) is 12.7. The summed E-state index contributed by atoms with van der Waals surface area (Å²) in [5.74, 6) is 0.537. The molecule has 0 saturated carbocycles. The van der Waals surface area contributed by atoms with Crippen molar-refractivity contribution in [1.82, 2.24) is 9.78 Å². The molecular formula is C14H17BrN4O2. The monoisotopic (exact) mass is 352 g/mol. The molecule has 7 heteroatoms. The molecule has 2 aromatic rings. The molecule has 0 radical (unpaired) electrons. The standard InChI is InChI=1S/C14H17BrN4O2/c1-10-13(19(20)21)14(18(3)16-10)17(2)9-8-11-4-6-12(15)7-5-11/h4-7H,8-9H2,1-3H3. The topological polar surface area (TPSA) is 64.2 Å². The second kappa shape index (κ2) is 6.26. The van der Waals surface area contributed by atoms with Crippen LogP contribution in [0.1, 0.15) is 11.3 Å². The van der Waals surface area contributed by atoms with Crippen LogP contribution in [-0.2, 0) is 13.5 Å². The van der Waals surface area contributed by atoms with Crippen LogP contribution in [0.4, 0.5) is 11.5 Å². The Kier molecular flexibility index (Phi) is 4.62. The van der Waals surface area contributed by atoms with E-state index in [0.717, 1.165) is 10.9 Å². The molecule has 1 heterocycles. The molecule has 1 aromatic carbocycles. The molecule has 0 aliphatic heterocycles. The van der Waals surface area contributed by atoms with Gasteiger partial charge in [-0.1, -0.05) is 28.1 Å². The highest BCUT2D eigenvalue weighted by Crippen LogP contribution is 2.30. The van der Waals surface area contributed by atoms with Gasteiger partial charge in [-0.3, -0.25) is 10.1 Å². The first-order chi connectivity index (χ1) is 9.90. The van der Waals surface area contributed by atoms with E-state index in [1.54, 1.807) is 18.7 Å². The van der Waals surface area contributed by atoms with Crippen LogP contribution in [-0.4, -0.2) is 28.3 Å². The molecule has 0 spiro atoms. The average molecular weight is 353 g/mol. The molecule has 0 N–H and O–H groups in total. The van der Waals surface area contributed by atoms with Gasteiger partial charge in [0, 0.05) is 25.1 Å². The van der Waals surface area contributed by atoms with E-state index in [9.17, 15) is 10.1 Å². The molecule has 6 nitrogen and oxygen atoms in total. The van der Waals surface area contributed by atoms with Crippen LogP contribution in [0.2, 0.25) is 0 Å². The van der Waals surface area contributed by atoms with E-state index in [2.05, 4.69) is 21.0 Å². The lowest BCUT2D eigenvalue weighted by Crippen LogP contribution is -2.23. The molecule has 0 aliphatic rings. The lowest BCUT2D eigenvalue weighted by atomic mass is 10.1. The number of nitro groups is 1. The Morgan fingerprint density at radius 2 is 2.00 bits per heavy atom. The highest BCUT2D eigenvalue weighted by Gasteiger charge is 2.26. The van der Waals surface area contributed by atoms with Crippen molar-refractivity contribution in [2.45, 2.75) is 13.3 Å². The number of hydrogen-bond donors (Lipinski definition) is 0. The van der Waals surface area contributed by atoms with Crippen molar-refractivity contribution in [2.75, 3.05) is 18.5 Å². The van der Waals surface area contributed by atoms with Crippen molar-refractivity contribution >= 4 is 27.4 Å².